The Morgan fingerprint density at radius 3 is 2.10 bits per heavy atom. The highest BCUT2D eigenvalue weighted by atomic mass is 32.1. The standard InChI is InChI=1S/C18H24N4O8S/c19-11(6-15(25)26)16(27)22-13(8-31)17(28)20-7-14(24)21-12(18(29)30)5-9-1-3-10(23)4-2-9/h1-4,11-13,23,31H,5-8,19H2,(H,20,28)(H,21,24)(H,22,27)(H,25,26)(H,29,30). The fourth-order valence-corrected chi connectivity index (χ4v) is 2.61. The van der Waals surface area contributed by atoms with Crippen LogP contribution in [-0.4, -0.2) is 75.4 Å². The highest BCUT2D eigenvalue weighted by Crippen LogP contribution is 2.11. The van der Waals surface area contributed by atoms with Crippen molar-refractivity contribution in [3.05, 3.63) is 29.8 Å². The minimum absolute atomic E-state index is 0.0112. The second-order valence-corrected chi connectivity index (χ2v) is 6.86. The minimum atomic E-state index is -1.37. The number of thiol groups is 1. The van der Waals surface area contributed by atoms with Gasteiger partial charge in [0, 0.05) is 12.2 Å². The Bertz CT molecular complexity index is 817. The molecule has 3 unspecified atom stereocenters. The molecule has 0 saturated carbocycles. The van der Waals surface area contributed by atoms with Crippen molar-refractivity contribution in [1.82, 2.24) is 16.0 Å². The van der Waals surface area contributed by atoms with E-state index < -0.39 is 60.8 Å². The van der Waals surface area contributed by atoms with Gasteiger partial charge in [0.05, 0.1) is 19.0 Å². The van der Waals surface area contributed by atoms with Crippen LogP contribution in [0.25, 0.3) is 0 Å². The van der Waals surface area contributed by atoms with Crippen LogP contribution in [0.2, 0.25) is 0 Å². The maximum absolute atomic E-state index is 12.1. The summed E-state index contributed by atoms with van der Waals surface area (Å²) in [6.07, 6.45) is -0.682. The van der Waals surface area contributed by atoms with Gasteiger partial charge in [-0.2, -0.15) is 12.6 Å². The van der Waals surface area contributed by atoms with Crippen LogP contribution in [0.5, 0.6) is 5.75 Å². The monoisotopic (exact) mass is 456 g/mol. The number of phenols is 1. The van der Waals surface area contributed by atoms with E-state index >= 15 is 0 Å². The van der Waals surface area contributed by atoms with Gasteiger partial charge in [-0.3, -0.25) is 19.2 Å². The number of rotatable bonds is 12. The molecule has 0 aliphatic carbocycles. The van der Waals surface area contributed by atoms with Crippen molar-refractivity contribution < 1.29 is 39.3 Å². The Kier molecular flexibility index (Phi) is 10.3. The van der Waals surface area contributed by atoms with Gasteiger partial charge >= 0.3 is 11.9 Å². The van der Waals surface area contributed by atoms with Gasteiger partial charge in [-0.1, -0.05) is 12.1 Å². The first kappa shape index (κ1) is 25.7. The lowest BCUT2D eigenvalue weighted by Crippen LogP contribution is -2.54. The van der Waals surface area contributed by atoms with Gasteiger partial charge in [-0.15, -0.1) is 0 Å². The number of nitrogens with one attached hydrogen (secondary N) is 3. The zero-order valence-corrected chi connectivity index (χ0v) is 17.2. The number of phenolic OH excluding ortho intramolecular Hbond substituents is 1. The summed E-state index contributed by atoms with van der Waals surface area (Å²) in [5.41, 5.74) is 5.98. The van der Waals surface area contributed by atoms with Gasteiger partial charge in [0.15, 0.2) is 0 Å². The van der Waals surface area contributed by atoms with Gasteiger partial charge in [0.2, 0.25) is 17.7 Å². The number of carboxylic acids is 2. The van der Waals surface area contributed by atoms with Crippen molar-refractivity contribution in [2.75, 3.05) is 12.3 Å². The largest absolute Gasteiger partial charge is 0.508 e. The molecule has 0 fully saturated rings. The lowest BCUT2D eigenvalue weighted by molar-refractivity contribution is -0.141. The molecule has 1 aromatic rings. The molecule has 0 heterocycles. The number of nitrogens with two attached hydrogens (primary N) is 1. The Hall–Kier alpha value is -3.32. The summed E-state index contributed by atoms with van der Waals surface area (Å²) in [5.74, 6) is -5.17. The van der Waals surface area contributed by atoms with Crippen molar-refractivity contribution in [3.8, 4) is 5.75 Å². The molecule has 0 aliphatic heterocycles. The Balaban J connectivity index is 2.58. The summed E-state index contributed by atoms with van der Waals surface area (Å²) in [6.45, 7) is -0.570. The predicted octanol–water partition coefficient (Wildman–Crippen LogP) is -2.16. The highest BCUT2D eigenvalue weighted by Gasteiger charge is 2.25. The zero-order chi connectivity index (χ0) is 23.6. The molecular weight excluding hydrogens is 432 g/mol. The van der Waals surface area contributed by atoms with E-state index in [2.05, 4.69) is 28.6 Å². The number of aromatic hydroxyl groups is 1. The summed E-state index contributed by atoms with van der Waals surface area (Å²) < 4.78 is 0. The summed E-state index contributed by atoms with van der Waals surface area (Å²) in [6, 6.07) is 1.95. The van der Waals surface area contributed by atoms with Gasteiger partial charge in [-0.05, 0) is 17.7 Å². The summed E-state index contributed by atoms with van der Waals surface area (Å²) in [7, 11) is 0. The van der Waals surface area contributed by atoms with Crippen LogP contribution >= 0.6 is 12.6 Å². The number of carbonyl (C=O) groups excluding carboxylic acids is 3. The van der Waals surface area contributed by atoms with E-state index in [1.165, 1.54) is 24.3 Å². The van der Waals surface area contributed by atoms with E-state index in [1.807, 2.05) is 0 Å². The second kappa shape index (κ2) is 12.4. The smallest absolute Gasteiger partial charge is 0.326 e. The van der Waals surface area contributed by atoms with E-state index in [-0.39, 0.29) is 17.9 Å². The SMILES string of the molecule is NC(CC(=O)O)C(=O)NC(CS)C(=O)NCC(=O)NC(Cc1ccc(O)cc1)C(=O)O. The second-order valence-electron chi connectivity index (χ2n) is 6.49. The summed E-state index contributed by atoms with van der Waals surface area (Å²) >= 11 is 3.93. The lowest BCUT2D eigenvalue weighted by Gasteiger charge is -2.19. The predicted molar refractivity (Wildman–Crippen MR) is 110 cm³/mol. The molecule has 0 saturated heterocycles. The minimum Gasteiger partial charge on any atom is -0.508 e. The molecule has 0 spiro atoms. The molecule has 13 heteroatoms. The van der Waals surface area contributed by atoms with E-state index in [1.54, 1.807) is 0 Å². The fourth-order valence-electron chi connectivity index (χ4n) is 2.36. The molecule has 12 nitrogen and oxygen atoms in total. The molecule has 0 aliphatic rings. The first-order valence-corrected chi connectivity index (χ1v) is 9.63. The Morgan fingerprint density at radius 2 is 1.58 bits per heavy atom. The average Bonchev–Trinajstić information content (AvgIpc) is 2.70. The maximum Gasteiger partial charge on any atom is 0.326 e. The molecule has 0 bridgehead atoms. The maximum atomic E-state index is 12.1. The highest BCUT2D eigenvalue weighted by molar-refractivity contribution is 7.80. The molecule has 8 N–H and O–H groups in total. The number of hydrogen-bond donors (Lipinski definition) is 8. The molecule has 3 atom stereocenters. The summed E-state index contributed by atoms with van der Waals surface area (Å²) in [5, 5.41) is 33.9. The molecule has 0 aromatic heterocycles. The van der Waals surface area contributed by atoms with Crippen LogP contribution in [0.3, 0.4) is 0 Å². The number of amides is 3. The van der Waals surface area contributed by atoms with Crippen molar-refractivity contribution in [2.45, 2.75) is 31.0 Å². The van der Waals surface area contributed by atoms with Crippen molar-refractivity contribution in [3.63, 3.8) is 0 Å². The fraction of sp³-hybridized carbons (Fsp3) is 0.389. The molecule has 1 aromatic carbocycles. The first-order chi connectivity index (χ1) is 14.5. The third-order valence-corrected chi connectivity index (χ3v) is 4.34. The summed E-state index contributed by atoms with van der Waals surface area (Å²) in [4.78, 5) is 58.0. The lowest BCUT2D eigenvalue weighted by atomic mass is 10.1. The van der Waals surface area contributed by atoms with Crippen LogP contribution in [0, 0.1) is 0 Å². The molecule has 170 valence electrons. The number of aliphatic carboxylic acids is 2. The third kappa shape index (κ3) is 9.35. The van der Waals surface area contributed by atoms with Crippen LogP contribution in [0.1, 0.15) is 12.0 Å². The zero-order valence-electron chi connectivity index (χ0n) is 16.3. The number of carbonyl (C=O) groups is 5. The van der Waals surface area contributed by atoms with E-state index in [0.717, 1.165) is 0 Å². The van der Waals surface area contributed by atoms with Crippen LogP contribution in [0.15, 0.2) is 24.3 Å². The van der Waals surface area contributed by atoms with Crippen molar-refractivity contribution in [1.29, 1.82) is 0 Å². The number of carboxylic acid groups (broad SMARTS) is 2. The third-order valence-electron chi connectivity index (χ3n) is 3.98. The average molecular weight is 456 g/mol. The Labute approximate surface area is 182 Å². The van der Waals surface area contributed by atoms with E-state index in [0.29, 0.717) is 5.56 Å². The molecule has 31 heavy (non-hydrogen) atoms. The molecular formula is C18H24N4O8S. The van der Waals surface area contributed by atoms with Crippen LogP contribution in [0.4, 0.5) is 0 Å². The molecule has 3 amide bonds. The van der Waals surface area contributed by atoms with Crippen molar-refractivity contribution >= 4 is 42.3 Å². The number of benzene rings is 1. The van der Waals surface area contributed by atoms with Gasteiger partial charge in [-0.25, -0.2) is 4.79 Å². The first-order valence-electron chi connectivity index (χ1n) is 8.99. The van der Waals surface area contributed by atoms with E-state index in [9.17, 15) is 34.2 Å². The quantitative estimate of drug-likeness (QED) is 0.161. The van der Waals surface area contributed by atoms with Crippen LogP contribution < -0.4 is 21.7 Å². The number of hydrogen-bond acceptors (Lipinski definition) is 8. The molecule has 1 rings (SSSR count). The van der Waals surface area contributed by atoms with Crippen LogP contribution in [-0.2, 0) is 30.4 Å². The topological polar surface area (TPSA) is 208 Å². The Morgan fingerprint density at radius 1 is 0.968 bits per heavy atom. The van der Waals surface area contributed by atoms with Gasteiger partial charge in [0.1, 0.15) is 17.8 Å². The van der Waals surface area contributed by atoms with E-state index in [4.69, 9.17) is 10.8 Å². The van der Waals surface area contributed by atoms with Gasteiger partial charge in [0.25, 0.3) is 0 Å². The van der Waals surface area contributed by atoms with Gasteiger partial charge < -0.3 is 37.0 Å². The van der Waals surface area contributed by atoms with Crippen molar-refractivity contribution in [2.24, 2.45) is 5.73 Å². The normalized spacial score (nSPS) is 13.4. The molecule has 0 radical (unpaired) electrons.